The van der Waals surface area contributed by atoms with Crippen LogP contribution in [0.3, 0.4) is 0 Å². The van der Waals surface area contributed by atoms with E-state index in [9.17, 15) is 14.8 Å². The van der Waals surface area contributed by atoms with Crippen molar-refractivity contribution in [3.63, 3.8) is 0 Å². The van der Waals surface area contributed by atoms with E-state index >= 15 is 0 Å². The lowest BCUT2D eigenvalue weighted by molar-refractivity contribution is -0.589. The number of hydrogen-bond acceptors (Lipinski definition) is 5. The molecule has 1 saturated carbocycles. The Labute approximate surface area is 150 Å². The highest BCUT2D eigenvalue weighted by atomic mass is 16.5. The molecule has 4 rings (SSSR count). The number of nitrogens with one attached hydrogen (secondary N) is 2. The number of carbonyl (C=O) groups is 1. The van der Waals surface area contributed by atoms with Gasteiger partial charge in [0.15, 0.2) is 0 Å². The Morgan fingerprint density at radius 1 is 1.27 bits per heavy atom. The van der Waals surface area contributed by atoms with Crippen LogP contribution in [0, 0.1) is 12.1 Å². The van der Waals surface area contributed by atoms with Crippen LogP contribution in [0.25, 0.3) is 0 Å². The smallest absolute Gasteiger partial charge is 0.277 e. The molecular weight excluding hydrogens is 334 g/mol. The minimum Gasteiger partial charge on any atom is -0.711 e. The molecule has 8 heteroatoms. The predicted octanol–water partition coefficient (Wildman–Crippen LogP) is 1.48. The number of aryl methyl sites for hydroxylation is 1. The van der Waals surface area contributed by atoms with Crippen molar-refractivity contribution in [2.45, 2.75) is 44.7 Å². The van der Waals surface area contributed by atoms with Crippen LogP contribution in [0.2, 0.25) is 0 Å². The zero-order chi connectivity index (χ0) is 18.5. The Hall–Kier alpha value is -3.03. The monoisotopic (exact) mass is 355 g/mol. The Kier molecular flexibility index (Phi) is 3.64. The topological polar surface area (TPSA) is 116 Å². The van der Waals surface area contributed by atoms with Gasteiger partial charge < -0.3 is 15.8 Å². The van der Waals surface area contributed by atoms with Gasteiger partial charge in [-0.1, -0.05) is 6.42 Å². The molecule has 1 aliphatic heterocycles. The van der Waals surface area contributed by atoms with Gasteiger partial charge in [0, 0.05) is 6.07 Å². The number of rotatable bonds is 2. The number of nitrogen functional groups attached to an aromatic ring is 1. The number of pyridine rings is 2. The Morgan fingerprint density at radius 3 is 2.69 bits per heavy atom. The number of fused-ring (bicyclic) bond motifs is 2. The van der Waals surface area contributed by atoms with Crippen molar-refractivity contribution < 1.29 is 9.52 Å². The van der Waals surface area contributed by atoms with Crippen molar-refractivity contribution in [3.8, 4) is 0 Å². The van der Waals surface area contributed by atoms with Gasteiger partial charge in [-0.05, 0) is 44.2 Å². The van der Waals surface area contributed by atoms with Gasteiger partial charge in [-0.25, -0.2) is 4.73 Å². The van der Waals surface area contributed by atoms with Crippen molar-refractivity contribution in [2.24, 2.45) is 0 Å². The molecular formula is C18H21N5O3. The van der Waals surface area contributed by atoms with Crippen LogP contribution in [0.15, 0.2) is 29.2 Å². The molecule has 8 nitrogen and oxygen atoms in total. The van der Waals surface area contributed by atoms with Crippen molar-refractivity contribution in [2.75, 3.05) is 11.1 Å². The number of hydrogen-bond donors (Lipinski definition) is 3. The number of nitrogens with two attached hydrogens (primary N) is 1. The number of carbonyl (C=O) groups excluding carboxylic acids is 1. The van der Waals surface area contributed by atoms with Crippen molar-refractivity contribution in [3.05, 3.63) is 51.2 Å². The quantitative estimate of drug-likeness (QED) is 0.557. The molecule has 26 heavy (non-hydrogen) atoms. The molecule has 0 aromatic carbocycles. The first kappa shape index (κ1) is 16.4. The van der Waals surface area contributed by atoms with Gasteiger partial charge in [-0.2, -0.15) is 0 Å². The summed E-state index contributed by atoms with van der Waals surface area (Å²) in [5.41, 5.74) is 6.83. The molecule has 1 aliphatic carbocycles. The highest BCUT2D eigenvalue weighted by Gasteiger charge is 2.45. The molecule has 2 aliphatic rings. The van der Waals surface area contributed by atoms with E-state index in [4.69, 9.17) is 5.73 Å². The second-order valence-electron chi connectivity index (χ2n) is 7.07. The van der Waals surface area contributed by atoms with E-state index in [1.165, 1.54) is 12.3 Å². The first-order valence-electron chi connectivity index (χ1n) is 8.77. The third-order valence-corrected chi connectivity index (χ3v) is 5.29. The Morgan fingerprint density at radius 2 is 2.00 bits per heavy atom. The molecule has 1 spiro atoms. The third-order valence-electron chi connectivity index (χ3n) is 5.29. The van der Waals surface area contributed by atoms with Crippen molar-refractivity contribution in [1.29, 1.82) is 0 Å². The standard InChI is InChI=1S/C18H21N5O3/c1-11-9-13(20-12-5-8-22(26)14(19)10-12)17(25)23-15(11)16(24)21-18(23)6-3-2-4-7-18/h5,8-10,20H,2-4,6-7,19H2,1H3,(H,21,24). The third kappa shape index (κ3) is 2.40. The number of anilines is 3. The number of amides is 1. The van der Waals surface area contributed by atoms with Crippen molar-refractivity contribution in [1.82, 2.24) is 9.88 Å². The van der Waals surface area contributed by atoms with E-state index in [2.05, 4.69) is 10.6 Å². The van der Waals surface area contributed by atoms with Gasteiger partial charge in [0.25, 0.3) is 17.3 Å². The van der Waals surface area contributed by atoms with E-state index in [1.54, 1.807) is 16.7 Å². The molecule has 4 N–H and O–H groups in total. The van der Waals surface area contributed by atoms with E-state index < -0.39 is 5.66 Å². The van der Waals surface area contributed by atoms with Crippen LogP contribution in [-0.2, 0) is 5.66 Å². The van der Waals surface area contributed by atoms with Gasteiger partial charge in [-0.3, -0.25) is 19.9 Å². The molecule has 0 radical (unpaired) electrons. The minimum atomic E-state index is -0.627. The second-order valence-corrected chi connectivity index (χ2v) is 7.07. The molecule has 1 amide bonds. The maximum atomic E-state index is 13.2. The average molecular weight is 355 g/mol. The SMILES string of the molecule is Cc1cc(Nc2cc[n+]([O-])c(N)c2)c(=O)n2c1C(=O)NC21CCCCC1. The zero-order valence-corrected chi connectivity index (χ0v) is 14.5. The molecule has 0 bridgehead atoms. The highest BCUT2D eigenvalue weighted by molar-refractivity contribution is 5.97. The average Bonchev–Trinajstić information content (AvgIpc) is 2.88. The van der Waals surface area contributed by atoms with Gasteiger partial charge in [0.05, 0.1) is 18.0 Å². The summed E-state index contributed by atoms with van der Waals surface area (Å²) in [6.45, 7) is 1.82. The molecule has 0 atom stereocenters. The van der Waals surface area contributed by atoms with Crippen LogP contribution in [0.5, 0.6) is 0 Å². The lowest BCUT2D eigenvalue weighted by atomic mass is 9.89. The Bertz CT molecular complexity index is 960. The first-order chi connectivity index (χ1) is 12.4. The summed E-state index contributed by atoms with van der Waals surface area (Å²) in [5.74, 6) is -0.155. The second kappa shape index (κ2) is 5.76. The molecule has 136 valence electrons. The molecule has 0 unspecified atom stereocenters. The van der Waals surface area contributed by atoms with E-state index in [1.807, 2.05) is 6.92 Å². The number of nitrogens with zero attached hydrogens (tertiary/aromatic N) is 2. The summed E-state index contributed by atoms with van der Waals surface area (Å²) in [7, 11) is 0. The molecule has 2 aromatic heterocycles. The fourth-order valence-corrected chi connectivity index (χ4v) is 4.07. The summed E-state index contributed by atoms with van der Waals surface area (Å²) in [6, 6.07) is 4.69. The Balaban J connectivity index is 1.82. The summed E-state index contributed by atoms with van der Waals surface area (Å²) >= 11 is 0. The lowest BCUT2D eigenvalue weighted by Crippen LogP contribution is -2.48. The molecule has 0 saturated heterocycles. The van der Waals surface area contributed by atoms with Gasteiger partial charge in [-0.15, -0.1) is 0 Å². The lowest BCUT2D eigenvalue weighted by Gasteiger charge is -2.35. The van der Waals surface area contributed by atoms with Gasteiger partial charge in [0.1, 0.15) is 17.0 Å². The first-order valence-corrected chi connectivity index (χ1v) is 8.77. The van der Waals surface area contributed by atoms with Gasteiger partial charge in [0.2, 0.25) is 0 Å². The summed E-state index contributed by atoms with van der Waals surface area (Å²) in [5, 5.41) is 17.5. The predicted molar refractivity (Wildman–Crippen MR) is 97.1 cm³/mol. The zero-order valence-electron chi connectivity index (χ0n) is 14.5. The molecule has 1 fully saturated rings. The maximum Gasteiger partial charge on any atom is 0.277 e. The van der Waals surface area contributed by atoms with Crippen LogP contribution in [0.4, 0.5) is 17.2 Å². The fourth-order valence-electron chi connectivity index (χ4n) is 4.07. The van der Waals surface area contributed by atoms with Crippen LogP contribution in [0.1, 0.15) is 48.2 Å². The maximum absolute atomic E-state index is 13.2. The van der Waals surface area contributed by atoms with Crippen LogP contribution < -0.4 is 26.7 Å². The summed E-state index contributed by atoms with van der Waals surface area (Å²) in [4.78, 5) is 25.7. The largest absolute Gasteiger partial charge is 0.711 e. The molecule has 2 aromatic rings. The minimum absolute atomic E-state index is 0.0357. The van der Waals surface area contributed by atoms with Crippen LogP contribution in [-0.4, -0.2) is 10.5 Å². The highest BCUT2D eigenvalue weighted by Crippen LogP contribution is 2.37. The van der Waals surface area contributed by atoms with Gasteiger partial charge >= 0.3 is 0 Å². The fraction of sp³-hybridized carbons (Fsp3) is 0.389. The normalized spacial score (nSPS) is 17.8. The van der Waals surface area contributed by atoms with E-state index in [-0.39, 0.29) is 17.3 Å². The summed E-state index contributed by atoms with van der Waals surface area (Å²) < 4.78 is 2.18. The van der Waals surface area contributed by atoms with Crippen molar-refractivity contribution >= 4 is 23.1 Å². The number of aromatic nitrogens is 2. The van der Waals surface area contributed by atoms with E-state index in [0.717, 1.165) is 37.7 Å². The molecule has 3 heterocycles. The van der Waals surface area contributed by atoms with Crippen LogP contribution >= 0.6 is 0 Å². The summed E-state index contributed by atoms with van der Waals surface area (Å²) in [6.07, 6.45) is 5.84. The van der Waals surface area contributed by atoms with E-state index in [0.29, 0.717) is 21.8 Å².